The number of nitrogens with one attached hydrogen (secondary N) is 1. The first-order valence-electron chi connectivity index (χ1n) is 8.50. The zero-order valence-corrected chi connectivity index (χ0v) is 15.2. The maximum absolute atomic E-state index is 12.6. The van der Waals surface area contributed by atoms with Crippen molar-refractivity contribution in [3.8, 4) is 11.5 Å². The number of nitrogen functional groups attached to an aromatic ring is 1. The molecule has 1 amide bonds. The molecule has 3 aromatic rings. The first-order chi connectivity index (χ1) is 12.7. The van der Waals surface area contributed by atoms with Gasteiger partial charge >= 0.3 is 0 Å². The summed E-state index contributed by atoms with van der Waals surface area (Å²) in [6.07, 6.45) is 1.95. The summed E-state index contributed by atoms with van der Waals surface area (Å²) in [6.45, 7) is 2.73. The van der Waals surface area contributed by atoms with Crippen LogP contribution in [0.4, 0.5) is 5.69 Å². The van der Waals surface area contributed by atoms with E-state index in [4.69, 9.17) is 15.2 Å². The lowest BCUT2D eigenvalue weighted by Gasteiger charge is -2.05. The minimum atomic E-state index is -0.194. The van der Waals surface area contributed by atoms with Gasteiger partial charge < -0.3 is 20.5 Å². The largest absolute Gasteiger partial charge is 0.454 e. The van der Waals surface area contributed by atoms with Crippen LogP contribution in [0.1, 0.15) is 34.3 Å². The van der Waals surface area contributed by atoms with Crippen LogP contribution in [0, 0.1) is 0 Å². The molecular formula is C19H19N3O3S. The second kappa shape index (κ2) is 6.84. The average molecular weight is 369 g/mol. The monoisotopic (exact) mass is 369 g/mol. The summed E-state index contributed by atoms with van der Waals surface area (Å²) < 4.78 is 10.7. The number of thiophene rings is 1. The average Bonchev–Trinajstić information content (AvgIpc) is 3.24. The summed E-state index contributed by atoms with van der Waals surface area (Å²) in [5.41, 5.74) is 8.63. The predicted molar refractivity (Wildman–Crippen MR) is 102 cm³/mol. The highest BCUT2D eigenvalue weighted by Gasteiger charge is 2.18. The molecule has 1 aliphatic rings. The zero-order chi connectivity index (χ0) is 18.1. The molecule has 0 saturated carbocycles. The van der Waals surface area contributed by atoms with E-state index in [-0.39, 0.29) is 12.7 Å². The van der Waals surface area contributed by atoms with E-state index < -0.39 is 0 Å². The summed E-state index contributed by atoms with van der Waals surface area (Å²) in [7, 11) is 0. The summed E-state index contributed by atoms with van der Waals surface area (Å²) >= 11 is 1.33. The van der Waals surface area contributed by atoms with E-state index in [0.717, 1.165) is 40.1 Å². The molecule has 0 aliphatic carbocycles. The smallest absolute Gasteiger partial charge is 0.263 e. The molecule has 26 heavy (non-hydrogen) atoms. The fourth-order valence-corrected chi connectivity index (χ4v) is 3.94. The number of pyridine rings is 1. The summed E-state index contributed by atoms with van der Waals surface area (Å²) in [6, 6.07) is 9.55. The number of hydrogen-bond donors (Lipinski definition) is 2. The highest BCUT2D eigenvalue weighted by Crippen LogP contribution is 2.34. The number of aryl methyl sites for hydroxylation is 1. The Hall–Kier alpha value is -2.80. The number of nitrogens with two attached hydrogens (primary N) is 1. The first kappa shape index (κ1) is 16.7. The minimum Gasteiger partial charge on any atom is -0.454 e. The van der Waals surface area contributed by atoms with Crippen molar-refractivity contribution in [2.45, 2.75) is 26.3 Å². The molecule has 0 unspecified atom stereocenters. The molecule has 7 heteroatoms. The van der Waals surface area contributed by atoms with Crippen molar-refractivity contribution >= 4 is 33.1 Å². The van der Waals surface area contributed by atoms with E-state index in [1.807, 2.05) is 30.3 Å². The van der Waals surface area contributed by atoms with Crippen LogP contribution in [0.5, 0.6) is 11.5 Å². The lowest BCUT2D eigenvalue weighted by molar-refractivity contribution is 0.0955. The van der Waals surface area contributed by atoms with Gasteiger partial charge in [0.15, 0.2) is 11.5 Å². The van der Waals surface area contributed by atoms with Crippen molar-refractivity contribution in [1.29, 1.82) is 0 Å². The molecule has 2 aromatic heterocycles. The van der Waals surface area contributed by atoms with E-state index in [9.17, 15) is 4.79 Å². The molecule has 0 bridgehead atoms. The third-order valence-electron chi connectivity index (χ3n) is 4.25. The van der Waals surface area contributed by atoms with Gasteiger partial charge in [0.25, 0.3) is 5.91 Å². The maximum Gasteiger partial charge on any atom is 0.263 e. The number of amides is 1. The van der Waals surface area contributed by atoms with Crippen molar-refractivity contribution in [3.05, 3.63) is 46.5 Å². The molecule has 0 spiro atoms. The quantitative estimate of drug-likeness (QED) is 0.719. The first-order valence-corrected chi connectivity index (χ1v) is 9.32. The van der Waals surface area contributed by atoms with Gasteiger partial charge in [-0.2, -0.15) is 0 Å². The van der Waals surface area contributed by atoms with Crippen LogP contribution in [0.15, 0.2) is 30.3 Å². The zero-order valence-electron chi connectivity index (χ0n) is 14.4. The normalized spacial score (nSPS) is 12.5. The standard InChI is InChI=1S/C19H19N3O3S/c1-2-3-12-5-6-13-16(20)17(26-19(13)22-12)18(23)21-9-11-4-7-14-15(8-11)25-10-24-14/h4-8H,2-3,9-10,20H2,1H3,(H,21,23). The van der Waals surface area contributed by atoms with Crippen LogP contribution in [0.2, 0.25) is 0 Å². The van der Waals surface area contributed by atoms with Gasteiger partial charge in [-0.25, -0.2) is 4.98 Å². The van der Waals surface area contributed by atoms with E-state index in [1.54, 1.807) is 0 Å². The lowest BCUT2D eigenvalue weighted by Crippen LogP contribution is -2.22. The molecule has 3 N–H and O–H groups in total. The van der Waals surface area contributed by atoms with Crippen molar-refractivity contribution in [2.75, 3.05) is 12.5 Å². The summed E-state index contributed by atoms with van der Waals surface area (Å²) in [5.74, 6) is 1.23. The topological polar surface area (TPSA) is 86.5 Å². The Bertz CT molecular complexity index is 984. The van der Waals surface area contributed by atoms with Crippen LogP contribution in [-0.4, -0.2) is 17.7 Å². The van der Waals surface area contributed by atoms with Crippen molar-refractivity contribution in [2.24, 2.45) is 0 Å². The number of anilines is 1. The number of carbonyl (C=O) groups is 1. The van der Waals surface area contributed by atoms with Crippen LogP contribution >= 0.6 is 11.3 Å². The number of carbonyl (C=O) groups excluding carboxylic acids is 1. The Labute approximate surface area is 154 Å². The van der Waals surface area contributed by atoms with Crippen molar-refractivity contribution < 1.29 is 14.3 Å². The number of hydrogen-bond acceptors (Lipinski definition) is 6. The molecule has 134 valence electrons. The van der Waals surface area contributed by atoms with Gasteiger partial charge in [-0.3, -0.25) is 4.79 Å². The van der Waals surface area contributed by atoms with Crippen molar-refractivity contribution in [3.63, 3.8) is 0 Å². The SMILES string of the molecule is CCCc1ccc2c(N)c(C(=O)NCc3ccc4c(c3)OCO4)sc2n1. The fourth-order valence-electron chi connectivity index (χ4n) is 2.91. The third kappa shape index (κ3) is 3.06. The predicted octanol–water partition coefficient (Wildman–Crippen LogP) is 3.49. The van der Waals surface area contributed by atoms with Crippen LogP contribution in [-0.2, 0) is 13.0 Å². The number of fused-ring (bicyclic) bond motifs is 2. The second-order valence-electron chi connectivity index (χ2n) is 6.12. The molecule has 0 atom stereocenters. The second-order valence-corrected chi connectivity index (χ2v) is 7.12. The van der Waals surface area contributed by atoms with Crippen LogP contribution < -0.4 is 20.5 Å². The van der Waals surface area contributed by atoms with Gasteiger partial charge in [0.1, 0.15) is 9.71 Å². The Morgan fingerprint density at radius 3 is 2.96 bits per heavy atom. The highest BCUT2D eigenvalue weighted by atomic mass is 32.1. The molecule has 0 saturated heterocycles. The third-order valence-corrected chi connectivity index (χ3v) is 5.37. The summed E-state index contributed by atoms with van der Waals surface area (Å²) in [5, 5.41) is 3.75. The molecule has 3 heterocycles. The molecule has 4 rings (SSSR count). The molecular weight excluding hydrogens is 350 g/mol. The fraction of sp³-hybridized carbons (Fsp3) is 0.263. The van der Waals surface area contributed by atoms with E-state index in [1.165, 1.54) is 11.3 Å². The van der Waals surface area contributed by atoms with E-state index >= 15 is 0 Å². The maximum atomic E-state index is 12.6. The van der Waals surface area contributed by atoms with Gasteiger partial charge in [-0.05, 0) is 36.2 Å². The molecule has 0 fully saturated rings. The van der Waals surface area contributed by atoms with E-state index in [2.05, 4.69) is 17.2 Å². The number of rotatable bonds is 5. The van der Waals surface area contributed by atoms with Gasteiger partial charge in [-0.15, -0.1) is 11.3 Å². The van der Waals surface area contributed by atoms with E-state index in [0.29, 0.717) is 22.9 Å². The van der Waals surface area contributed by atoms with Gasteiger partial charge in [0, 0.05) is 17.6 Å². The molecule has 1 aliphatic heterocycles. The number of benzene rings is 1. The number of aromatic nitrogens is 1. The molecule has 0 radical (unpaired) electrons. The molecule has 1 aromatic carbocycles. The Morgan fingerprint density at radius 1 is 1.27 bits per heavy atom. The highest BCUT2D eigenvalue weighted by molar-refractivity contribution is 7.21. The Kier molecular flexibility index (Phi) is 4.38. The van der Waals surface area contributed by atoms with Gasteiger partial charge in [0.2, 0.25) is 6.79 Å². The Morgan fingerprint density at radius 2 is 2.12 bits per heavy atom. The number of ether oxygens (including phenoxy) is 2. The van der Waals surface area contributed by atoms with Crippen LogP contribution in [0.3, 0.4) is 0 Å². The minimum absolute atomic E-state index is 0.194. The Balaban J connectivity index is 1.51. The van der Waals surface area contributed by atoms with Gasteiger partial charge in [-0.1, -0.05) is 19.4 Å². The number of nitrogens with zero attached hydrogens (tertiary/aromatic N) is 1. The van der Waals surface area contributed by atoms with Crippen molar-refractivity contribution in [1.82, 2.24) is 10.3 Å². The van der Waals surface area contributed by atoms with Gasteiger partial charge in [0.05, 0.1) is 5.69 Å². The molecule has 6 nitrogen and oxygen atoms in total. The van der Waals surface area contributed by atoms with Crippen LogP contribution in [0.25, 0.3) is 10.2 Å². The lowest BCUT2D eigenvalue weighted by atomic mass is 10.2. The summed E-state index contributed by atoms with van der Waals surface area (Å²) in [4.78, 5) is 18.5.